The van der Waals surface area contributed by atoms with Gasteiger partial charge in [-0.1, -0.05) is 42.5 Å². The number of halogens is 4. The van der Waals surface area contributed by atoms with Crippen LogP contribution in [0.2, 0.25) is 0 Å². The molecule has 0 fully saturated rings. The van der Waals surface area contributed by atoms with Crippen LogP contribution in [0.1, 0.15) is 40.1 Å². The molecule has 0 spiro atoms. The van der Waals surface area contributed by atoms with E-state index in [2.05, 4.69) is 5.10 Å². The van der Waals surface area contributed by atoms with Gasteiger partial charge in [-0.3, -0.25) is 4.90 Å². The van der Waals surface area contributed by atoms with Crippen LogP contribution in [-0.2, 0) is 11.3 Å². The van der Waals surface area contributed by atoms with Crippen LogP contribution in [0.4, 0.5) is 28.2 Å². The largest absolute Gasteiger partial charge is 0.476 e. The summed E-state index contributed by atoms with van der Waals surface area (Å²) in [4.78, 5) is 25.4. The fourth-order valence-electron chi connectivity index (χ4n) is 3.73. The van der Waals surface area contributed by atoms with Crippen molar-refractivity contribution >= 4 is 17.9 Å². The number of ether oxygens (including phenoxy) is 1. The number of fused-ring (bicyclic) bond motifs is 1. The van der Waals surface area contributed by atoms with E-state index in [-0.39, 0.29) is 18.0 Å². The van der Waals surface area contributed by atoms with E-state index in [4.69, 9.17) is 4.74 Å². The third kappa shape index (κ3) is 4.52. The van der Waals surface area contributed by atoms with Gasteiger partial charge in [0.05, 0.1) is 6.04 Å². The third-order valence-corrected chi connectivity index (χ3v) is 5.27. The predicted octanol–water partition coefficient (Wildman–Crippen LogP) is 5.11. The molecule has 11 heteroatoms. The molecule has 3 aromatic rings. The molecule has 2 heterocycles. The molecular weight excluding hydrogens is 446 g/mol. The quantitative estimate of drug-likeness (QED) is 0.544. The number of rotatable bonds is 4. The molecule has 2 aromatic carbocycles. The normalized spacial score (nSPS) is 18.0. The smallest absolute Gasteiger partial charge is 0.416 e. The molecule has 0 saturated carbocycles. The van der Waals surface area contributed by atoms with Crippen molar-refractivity contribution in [2.75, 3.05) is 4.90 Å². The lowest BCUT2D eigenvalue weighted by atomic mass is 9.95. The van der Waals surface area contributed by atoms with Gasteiger partial charge in [0.2, 0.25) is 0 Å². The van der Waals surface area contributed by atoms with Crippen LogP contribution in [0.15, 0.2) is 60.7 Å². The van der Waals surface area contributed by atoms with E-state index < -0.39 is 48.3 Å². The first kappa shape index (κ1) is 22.3. The number of hydrogen-bond acceptors (Lipinski definition) is 4. The highest BCUT2D eigenvalue weighted by molar-refractivity contribution is 5.91. The number of nitrogens with zero attached hydrogens (tertiary/aromatic N) is 3. The fraction of sp³-hybridized carbons (Fsp3) is 0.227. The van der Waals surface area contributed by atoms with Crippen LogP contribution in [0.25, 0.3) is 0 Å². The van der Waals surface area contributed by atoms with Gasteiger partial charge in [-0.15, -0.1) is 0 Å². The fourth-order valence-corrected chi connectivity index (χ4v) is 3.73. The van der Waals surface area contributed by atoms with Crippen molar-refractivity contribution < 1.29 is 37.0 Å². The van der Waals surface area contributed by atoms with Gasteiger partial charge in [-0.2, -0.15) is 18.3 Å². The Morgan fingerprint density at radius 1 is 1.09 bits per heavy atom. The molecule has 0 bridgehead atoms. The summed E-state index contributed by atoms with van der Waals surface area (Å²) in [5.41, 5.74) is 0.223. The Labute approximate surface area is 184 Å². The van der Waals surface area contributed by atoms with Gasteiger partial charge < -0.3 is 9.84 Å². The van der Waals surface area contributed by atoms with Gasteiger partial charge in [-0.05, 0) is 23.3 Å². The minimum atomic E-state index is -4.78. The molecule has 1 N–H and O–H groups in total. The van der Waals surface area contributed by atoms with E-state index in [9.17, 15) is 32.3 Å². The molecule has 1 aromatic heterocycles. The summed E-state index contributed by atoms with van der Waals surface area (Å²) in [6.07, 6.45) is -6.44. The van der Waals surface area contributed by atoms with E-state index in [1.165, 1.54) is 12.1 Å². The second kappa shape index (κ2) is 8.57. The van der Waals surface area contributed by atoms with Crippen LogP contribution in [-0.4, -0.2) is 33.1 Å². The van der Waals surface area contributed by atoms with Gasteiger partial charge in [0, 0.05) is 12.5 Å². The van der Waals surface area contributed by atoms with Crippen molar-refractivity contribution in [3.05, 3.63) is 83.3 Å². The lowest BCUT2D eigenvalue weighted by Crippen LogP contribution is -2.45. The standard InChI is InChI=1S/C22H17F4N3O4/c23-15-8-6-14(7-9-15)17-11-18(22(24,25)26)29-19(10-16(27-29)20(30)31)28(17)21(32)33-12-13-4-2-1-3-5-13/h1-10,17-18H,11-12H2,(H,30,31). The molecule has 1 aliphatic heterocycles. The Kier molecular flexibility index (Phi) is 5.79. The number of aromatic nitrogens is 2. The zero-order valence-corrected chi connectivity index (χ0v) is 16.9. The molecule has 33 heavy (non-hydrogen) atoms. The maximum atomic E-state index is 13.9. The lowest BCUT2D eigenvalue weighted by Gasteiger charge is -2.39. The van der Waals surface area contributed by atoms with Gasteiger partial charge in [0.1, 0.15) is 18.2 Å². The molecule has 2 atom stereocenters. The molecule has 0 aliphatic carbocycles. The molecule has 4 rings (SSSR count). The van der Waals surface area contributed by atoms with Gasteiger partial charge in [-0.25, -0.2) is 18.7 Å². The first-order valence-electron chi connectivity index (χ1n) is 9.80. The predicted molar refractivity (Wildman–Crippen MR) is 107 cm³/mol. The van der Waals surface area contributed by atoms with Gasteiger partial charge >= 0.3 is 18.2 Å². The van der Waals surface area contributed by atoms with Gasteiger partial charge in [0.15, 0.2) is 11.7 Å². The van der Waals surface area contributed by atoms with Crippen LogP contribution < -0.4 is 4.90 Å². The average molecular weight is 463 g/mol. The number of alkyl halides is 3. The number of carboxylic acid groups (broad SMARTS) is 1. The van der Waals surface area contributed by atoms with Crippen molar-refractivity contribution in [3.63, 3.8) is 0 Å². The van der Waals surface area contributed by atoms with E-state index in [1.807, 2.05) is 0 Å². The van der Waals surface area contributed by atoms with E-state index >= 15 is 0 Å². The molecule has 7 nitrogen and oxygen atoms in total. The Morgan fingerprint density at radius 3 is 2.36 bits per heavy atom. The topological polar surface area (TPSA) is 84.7 Å². The summed E-state index contributed by atoms with van der Waals surface area (Å²) in [7, 11) is 0. The molecule has 0 saturated heterocycles. The summed E-state index contributed by atoms with van der Waals surface area (Å²) in [5, 5.41) is 12.9. The Morgan fingerprint density at radius 2 is 1.76 bits per heavy atom. The van der Waals surface area contributed by atoms with Crippen molar-refractivity contribution in [3.8, 4) is 0 Å². The second-order valence-corrected chi connectivity index (χ2v) is 7.41. The molecule has 0 radical (unpaired) electrons. The number of anilines is 1. The summed E-state index contributed by atoms with van der Waals surface area (Å²) >= 11 is 0. The summed E-state index contributed by atoms with van der Waals surface area (Å²) in [6.45, 7) is -0.158. The average Bonchev–Trinajstić information content (AvgIpc) is 3.22. The minimum absolute atomic E-state index is 0.158. The van der Waals surface area contributed by atoms with Crippen molar-refractivity contribution in [2.24, 2.45) is 0 Å². The number of benzene rings is 2. The number of amides is 1. The number of hydrogen-bond donors (Lipinski definition) is 1. The first-order chi connectivity index (χ1) is 15.6. The lowest BCUT2D eigenvalue weighted by molar-refractivity contribution is -0.174. The summed E-state index contributed by atoms with van der Waals surface area (Å²) in [5.74, 6) is -2.53. The second-order valence-electron chi connectivity index (χ2n) is 7.41. The zero-order chi connectivity index (χ0) is 23.8. The van der Waals surface area contributed by atoms with Crippen molar-refractivity contribution in [1.29, 1.82) is 0 Å². The SMILES string of the molecule is O=C(O)c1cc2n(n1)C(C(F)(F)F)CC(c1ccc(F)cc1)N2C(=O)OCc1ccccc1. The Hall–Kier alpha value is -3.89. The third-order valence-electron chi connectivity index (χ3n) is 5.27. The van der Waals surface area contributed by atoms with E-state index in [0.29, 0.717) is 10.2 Å². The monoisotopic (exact) mass is 463 g/mol. The summed E-state index contributed by atoms with van der Waals surface area (Å²) < 4.78 is 60.9. The van der Waals surface area contributed by atoms with Crippen molar-refractivity contribution in [1.82, 2.24) is 9.78 Å². The highest BCUT2D eigenvalue weighted by Gasteiger charge is 2.50. The van der Waals surface area contributed by atoms with Crippen LogP contribution >= 0.6 is 0 Å². The first-order valence-corrected chi connectivity index (χ1v) is 9.80. The number of carbonyl (C=O) groups is 2. The van der Waals surface area contributed by atoms with Crippen molar-refractivity contribution in [2.45, 2.75) is 31.3 Å². The Balaban J connectivity index is 1.78. The molecular formula is C22H17F4N3O4. The molecule has 1 amide bonds. The number of carbonyl (C=O) groups excluding carboxylic acids is 1. The molecule has 2 unspecified atom stereocenters. The molecule has 1 aliphatic rings. The minimum Gasteiger partial charge on any atom is -0.476 e. The number of aromatic carboxylic acids is 1. The molecule has 172 valence electrons. The summed E-state index contributed by atoms with van der Waals surface area (Å²) in [6, 6.07) is 10.8. The maximum Gasteiger partial charge on any atom is 0.416 e. The highest BCUT2D eigenvalue weighted by atomic mass is 19.4. The maximum absolute atomic E-state index is 13.9. The van der Waals surface area contributed by atoms with Crippen LogP contribution in [0.5, 0.6) is 0 Å². The van der Waals surface area contributed by atoms with Crippen LogP contribution in [0.3, 0.4) is 0 Å². The van der Waals surface area contributed by atoms with E-state index in [1.54, 1.807) is 30.3 Å². The van der Waals surface area contributed by atoms with E-state index in [0.717, 1.165) is 23.1 Å². The zero-order valence-electron chi connectivity index (χ0n) is 16.9. The highest BCUT2D eigenvalue weighted by Crippen LogP contribution is 2.47. The Bertz CT molecular complexity index is 1160. The van der Waals surface area contributed by atoms with Crippen LogP contribution in [0, 0.1) is 5.82 Å². The number of carboxylic acids is 1. The van der Waals surface area contributed by atoms with Gasteiger partial charge in [0.25, 0.3) is 0 Å².